The van der Waals surface area contributed by atoms with Gasteiger partial charge < -0.3 is 9.47 Å². The maximum Gasteiger partial charge on any atom is 0.311 e. The molecule has 0 saturated heterocycles. The molecule has 130 valence electrons. The first-order valence-electron chi connectivity index (χ1n) is 7.36. The van der Waals surface area contributed by atoms with Crippen molar-refractivity contribution in [2.75, 3.05) is 0 Å². The molecule has 0 atom stereocenters. The van der Waals surface area contributed by atoms with Crippen molar-refractivity contribution in [1.29, 1.82) is 0 Å². The van der Waals surface area contributed by atoms with Crippen LogP contribution in [0.25, 0.3) is 0 Å². The molecular formula is C17H14FNO6. The highest BCUT2D eigenvalue weighted by molar-refractivity contribution is 5.76. The van der Waals surface area contributed by atoms with E-state index in [2.05, 4.69) is 0 Å². The minimum absolute atomic E-state index is 0.104. The normalized spacial score (nSPS) is 10.1. The van der Waals surface area contributed by atoms with Crippen LogP contribution in [0.3, 0.4) is 0 Å². The molecule has 0 amide bonds. The summed E-state index contributed by atoms with van der Waals surface area (Å²) in [6, 6.07) is 10.9. The van der Waals surface area contributed by atoms with Crippen LogP contribution in [0.5, 0.6) is 11.5 Å². The van der Waals surface area contributed by atoms with Crippen LogP contribution in [-0.4, -0.2) is 16.9 Å². The average Bonchev–Trinajstić information content (AvgIpc) is 2.57. The monoisotopic (exact) mass is 347 g/mol. The lowest BCUT2D eigenvalue weighted by Gasteiger charge is -2.06. The lowest BCUT2D eigenvalue weighted by molar-refractivity contribution is -0.385. The van der Waals surface area contributed by atoms with Crippen LogP contribution < -0.4 is 9.47 Å². The van der Waals surface area contributed by atoms with E-state index in [1.54, 1.807) is 0 Å². The molecule has 0 aliphatic rings. The fourth-order valence-electron chi connectivity index (χ4n) is 1.95. The van der Waals surface area contributed by atoms with Crippen molar-refractivity contribution in [2.24, 2.45) is 0 Å². The number of carbonyl (C=O) groups excluding carboxylic acids is 2. The van der Waals surface area contributed by atoms with Crippen LogP contribution in [0.1, 0.15) is 19.3 Å². The van der Waals surface area contributed by atoms with Crippen molar-refractivity contribution in [3.63, 3.8) is 0 Å². The number of nitrogens with zero attached hydrogens (tertiary/aromatic N) is 1. The zero-order valence-corrected chi connectivity index (χ0v) is 13.0. The fourth-order valence-corrected chi connectivity index (χ4v) is 1.95. The number of nitro groups is 1. The van der Waals surface area contributed by atoms with E-state index in [4.69, 9.17) is 9.47 Å². The van der Waals surface area contributed by atoms with Crippen molar-refractivity contribution >= 4 is 17.6 Å². The number of hydrogen-bond acceptors (Lipinski definition) is 6. The molecule has 0 fully saturated rings. The van der Waals surface area contributed by atoms with Gasteiger partial charge in [0.05, 0.1) is 4.92 Å². The Hall–Kier alpha value is -3.29. The summed E-state index contributed by atoms with van der Waals surface area (Å²) < 4.78 is 23.1. The van der Waals surface area contributed by atoms with Gasteiger partial charge >= 0.3 is 17.6 Å². The first-order valence-corrected chi connectivity index (χ1v) is 7.36. The van der Waals surface area contributed by atoms with Gasteiger partial charge in [0.25, 0.3) is 0 Å². The summed E-state index contributed by atoms with van der Waals surface area (Å²) in [4.78, 5) is 33.5. The minimum atomic E-state index is -0.715. The van der Waals surface area contributed by atoms with Gasteiger partial charge in [-0.05, 0) is 24.6 Å². The van der Waals surface area contributed by atoms with Crippen LogP contribution in [0.2, 0.25) is 0 Å². The van der Waals surface area contributed by atoms with Gasteiger partial charge in [-0.1, -0.05) is 24.3 Å². The van der Waals surface area contributed by atoms with Gasteiger partial charge in [-0.15, -0.1) is 0 Å². The molecule has 2 aromatic rings. The van der Waals surface area contributed by atoms with Gasteiger partial charge in [-0.25, -0.2) is 4.39 Å². The summed E-state index contributed by atoms with van der Waals surface area (Å²) in [6.07, 6.45) is -0.161. The van der Waals surface area contributed by atoms with Gasteiger partial charge in [0.1, 0.15) is 0 Å². The first-order chi connectivity index (χ1) is 12.0. The summed E-state index contributed by atoms with van der Waals surface area (Å²) in [7, 11) is 0. The summed E-state index contributed by atoms with van der Waals surface area (Å²) in [5.74, 6) is -2.41. The number of esters is 2. The summed E-state index contributed by atoms with van der Waals surface area (Å²) >= 11 is 0. The van der Waals surface area contributed by atoms with Gasteiger partial charge in [0.15, 0.2) is 11.6 Å². The highest BCUT2D eigenvalue weighted by Gasteiger charge is 2.17. The number of ether oxygens (including phenoxy) is 2. The third-order valence-corrected chi connectivity index (χ3v) is 3.11. The highest BCUT2D eigenvalue weighted by Crippen LogP contribution is 2.26. The molecule has 0 aromatic heterocycles. The number of benzene rings is 2. The second-order valence-electron chi connectivity index (χ2n) is 4.96. The molecule has 0 aliphatic carbocycles. The quantitative estimate of drug-likeness (QED) is 0.330. The molecule has 25 heavy (non-hydrogen) atoms. The smallest absolute Gasteiger partial charge is 0.311 e. The van der Waals surface area contributed by atoms with E-state index in [1.165, 1.54) is 42.5 Å². The van der Waals surface area contributed by atoms with Crippen molar-refractivity contribution in [1.82, 2.24) is 0 Å². The zero-order valence-electron chi connectivity index (χ0n) is 13.0. The third kappa shape index (κ3) is 5.38. The van der Waals surface area contributed by atoms with Gasteiger partial charge in [-0.3, -0.25) is 19.7 Å². The Morgan fingerprint density at radius 1 is 0.920 bits per heavy atom. The standard InChI is InChI=1S/C17H14FNO6/c18-12-6-1-3-8-14(12)24-16(20)10-5-11-17(21)25-15-9-4-2-7-13(15)19(22)23/h1-4,6-9H,5,10-11H2. The Bertz CT molecular complexity index is 792. The second kappa shape index (κ2) is 8.53. The molecular weight excluding hydrogens is 333 g/mol. The predicted octanol–water partition coefficient (Wildman–Crippen LogP) is 3.42. The molecule has 0 bridgehead atoms. The average molecular weight is 347 g/mol. The number of hydrogen-bond donors (Lipinski definition) is 0. The predicted molar refractivity (Wildman–Crippen MR) is 84.6 cm³/mol. The Balaban J connectivity index is 1.80. The molecule has 8 heteroatoms. The summed E-state index contributed by atoms with van der Waals surface area (Å²) in [5, 5.41) is 10.8. The van der Waals surface area contributed by atoms with Crippen LogP contribution in [-0.2, 0) is 9.59 Å². The van der Waals surface area contributed by atoms with Crippen molar-refractivity contribution in [3.05, 3.63) is 64.5 Å². The lowest BCUT2D eigenvalue weighted by Crippen LogP contribution is -2.12. The molecule has 2 aromatic carbocycles. The number of carbonyl (C=O) groups is 2. The van der Waals surface area contributed by atoms with E-state index in [0.29, 0.717) is 0 Å². The molecule has 0 radical (unpaired) electrons. The SMILES string of the molecule is O=C(CCCC(=O)Oc1ccccc1[N+](=O)[O-])Oc1ccccc1F. The van der Waals surface area contributed by atoms with E-state index in [0.717, 1.165) is 6.07 Å². The number of halogens is 1. The van der Waals surface area contributed by atoms with Crippen LogP contribution in [0.15, 0.2) is 48.5 Å². The largest absolute Gasteiger partial charge is 0.423 e. The van der Waals surface area contributed by atoms with E-state index < -0.39 is 22.7 Å². The molecule has 0 aliphatic heterocycles. The fraction of sp³-hybridized carbons (Fsp3) is 0.176. The van der Waals surface area contributed by atoms with E-state index in [9.17, 15) is 24.1 Å². The second-order valence-corrected chi connectivity index (χ2v) is 4.96. The van der Waals surface area contributed by atoms with Crippen LogP contribution in [0, 0.1) is 15.9 Å². The van der Waals surface area contributed by atoms with Crippen molar-refractivity contribution < 1.29 is 28.4 Å². The summed E-state index contributed by atoms with van der Waals surface area (Å²) in [6.45, 7) is 0. The first kappa shape index (κ1) is 18.1. The lowest BCUT2D eigenvalue weighted by atomic mass is 10.2. The van der Waals surface area contributed by atoms with E-state index in [-0.39, 0.29) is 36.4 Å². The van der Waals surface area contributed by atoms with Gasteiger partial charge in [0, 0.05) is 18.9 Å². The molecule has 2 rings (SSSR count). The molecule has 0 unspecified atom stereocenters. The van der Waals surface area contributed by atoms with Gasteiger partial charge in [-0.2, -0.15) is 0 Å². The Morgan fingerprint density at radius 3 is 2.04 bits per heavy atom. The minimum Gasteiger partial charge on any atom is -0.423 e. The third-order valence-electron chi connectivity index (χ3n) is 3.11. The number of nitro benzene ring substituents is 1. The molecule has 0 saturated carbocycles. The van der Waals surface area contributed by atoms with Crippen molar-refractivity contribution in [3.8, 4) is 11.5 Å². The van der Waals surface area contributed by atoms with Crippen molar-refractivity contribution in [2.45, 2.75) is 19.3 Å². The molecule has 0 N–H and O–H groups in total. The summed E-state index contributed by atoms with van der Waals surface area (Å²) in [5.41, 5.74) is -0.324. The molecule has 0 heterocycles. The van der Waals surface area contributed by atoms with Crippen LogP contribution >= 0.6 is 0 Å². The number of para-hydroxylation sites is 3. The van der Waals surface area contributed by atoms with E-state index >= 15 is 0 Å². The highest BCUT2D eigenvalue weighted by atomic mass is 19.1. The topological polar surface area (TPSA) is 95.7 Å². The van der Waals surface area contributed by atoms with E-state index in [1.807, 2.05) is 0 Å². The zero-order chi connectivity index (χ0) is 18.2. The Morgan fingerprint density at radius 2 is 1.44 bits per heavy atom. The maximum atomic E-state index is 13.3. The van der Waals surface area contributed by atoms with Gasteiger partial charge in [0.2, 0.25) is 5.75 Å². The van der Waals surface area contributed by atoms with Crippen LogP contribution in [0.4, 0.5) is 10.1 Å². The molecule has 0 spiro atoms. The maximum absolute atomic E-state index is 13.3. The number of rotatable bonds is 7. The molecule has 7 nitrogen and oxygen atoms in total. The Kier molecular flexibility index (Phi) is 6.16. The Labute approximate surface area is 142 Å².